The van der Waals surface area contributed by atoms with Crippen molar-refractivity contribution in [2.75, 3.05) is 13.1 Å². The zero-order valence-electron chi connectivity index (χ0n) is 22.6. The maximum Gasteiger partial charge on any atom is 0.158 e. The van der Waals surface area contributed by atoms with E-state index < -0.39 is 0 Å². The standard InChI is InChI=1S/C30H37N5OS/c1-15(2)25-26-18(5)28(22-10-20-9-19(22)11-24(20)34-8-6-7-21(36)12-34)37-30(26)33-27(25)23-13-35-29(31-14-32-35)17(4)16(23)3/h13-15,19-20,22,24,33H,6-12H2,1-5H3/t19-,20?,22?,24?/m0/s1. The number of carbonyl (C=O) groups is 1. The molecule has 3 unspecified atom stereocenters. The van der Waals surface area contributed by atoms with Crippen molar-refractivity contribution in [3.8, 4) is 11.3 Å². The average molecular weight is 516 g/mol. The van der Waals surface area contributed by atoms with Crippen LogP contribution >= 0.6 is 11.3 Å². The van der Waals surface area contributed by atoms with Crippen LogP contribution in [0.1, 0.15) is 84.9 Å². The van der Waals surface area contributed by atoms with Gasteiger partial charge >= 0.3 is 0 Å². The highest BCUT2D eigenvalue weighted by atomic mass is 32.1. The monoisotopic (exact) mass is 515 g/mol. The fourth-order valence-electron chi connectivity index (χ4n) is 8.01. The number of ketones is 1. The molecule has 4 aromatic heterocycles. The molecule has 2 saturated carbocycles. The summed E-state index contributed by atoms with van der Waals surface area (Å²) in [7, 11) is 0. The predicted molar refractivity (Wildman–Crippen MR) is 150 cm³/mol. The summed E-state index contributed by atoms with van der Waals surface area (Å²) in [5.41, 5.74) is 8.78. The first-order valence-corrected chi connectivity index (χ1v) is 14.8. The first-order valence-electron chi connectivity index (χ1n) is 14.0. The fourth-order valence-corrected chi connectivity index (χ4v) is 9.44. The van der Waals surface area contributed by atoms with Gasteiger partial charge in [0.25, 0.3) is 0 Å². The number of Topliss-reactive ketones (excluding diaryl/α,β-unsaturated/α-hetero) is 1. The number of likely N-dealkylation sites (tertiary alicyclic amines) is 1. The number of rotatable bonds is 4. The van der Waals surface area contributed by atoms with Gasteiger partial charge in [-0.3, -0.25) is 9.69 Å². The number of fused-ring (bicyclic) bond motifs is 4. The van der Waals surface area contributed by atoms with Crippen molar-refractivity contribution in [2.24, 2.45) is 11.8 Å². The third-order valence-electron chi connectivity index (χ3n) is 9.84. The van der Waals surface area contributed by atoms with Gasteiger partial charge in [-0.1, -0.05) is 13.8 Å². The molecule has 1 saturated heterocycles. The van der Waals surface area contributed by atoms with Gasteiger partial charge in [0.05, 0.1) is 12.2 Å². The molecule has 1 N–H and O–H groups in total. The molecule has 2 aliphatic carbocycles. The number of hydrogen-bond donors (Lipinski definition) is 1. The normalized spacial score (nSPS) is 26.5. The molecule has 5 heterocycles. The van der Waals surface area contributed by atoms with Gasteiger partial charge in [-0.05, 0) is 98.9 Å². The number of nitrogens with zero attached hydrogens (tertiary/aromatic N) is 4. The Balaban J connectivity index is 1.25. The summed E-state index contributed by atoms with van der Waals surface area (Å²) in [5.74, 6) is 3.04. The second-order valence-corrected chi connectivity index (χ2v) is 13.3. The van der Waals surface area contributed by atoms with E-state index in [2.05, 4.69) is 60.8 Å². The van der Waals surface area contributed by atoms with Crippen molar-refractivity contribution in [1.82, 2.24) is 24.5 Å². The van der Waals surface area contributed by atoms with Crippen molar-refractivity contribution in [1.29, 1.82) is 0 Å². The lowest BCUT2D eigenvalue weighted by Gasteiger charge is -2.38. The van der Waals surface area contributed by atoms with E-state index in [9.17, 15) is 4.79 Å². The molecule has 3 aliphatic rings. The summed E-state index contributed by atoms with van der Waals surface area (Å²) < 4.78 is 1.91. The molecule has 4 aromatic rings. The summed E-state index contributed by atoms with van der Waals surface area (Å²) in [6, 6.07) is 0.631. The van der Waals surface area contributed by atoms with Gasteiger partial charge < -0.3 is 4.98 Å². The van der Waals surface area contributed by atoms with Crippen molar-refractivity contribution < 1.29 is 4.79 Å². The molecule has 7 heteroatoms. The van der Waals surface area contributed by atoms with Crippen LogP contribution < -0.4 is 0 Å². The highest BCUT2D eigenvalue weighted by Gasteiger charge is 2.49. The van der Waals surface area contributed by atoms with E-state index in [-0.39, 0.29) is 0 Å². The maximum atomic E-state index is 12.1. The number of carbonyl (C=O) groups excluding carboxylic acids is 1. The summed E-state index contributed by atoms with van der Waals surface area (Å²) in [5, 5.41) is 5.89. The Hall–Kier alpha value is -2.51. The Kier molecular flexibility index (Phi) is 5.42. The number of aryl methyl sites for hydroxylation is 2. The third kappa shape index (κ3) is 3.49. The topological polar surface area (TPSA) is 66.3 Å². The average Bonchev–Trinajstić information content (AvgIpc) is 3.68. The highest BCUT2D eigenvalue weighted by molar-refractivity contribution is 7.19. The van der Waals surface area contributed by atoms with Crippen molar-refractivity contribution >= 4 is 33.0 Å². The van der Waals surface area contributed by atoms with Crippen LogP contribution in [0.25, 0.3) is 27.1 Å². The zero-order chi connectivity index (χ0) is 25.6. The van der Waals surface area contributed by atoms with Crippen LogP contribution in [-0.4, -0.2) is 49.4 Å². The molecule has 7 rings (SSSR count). The van der Waals surface area contributed by atoms with Crippen LogP contribution in [0.5, 0.6) is 0 Å². The second kappa shape index (κ2) is 8.50. The quantitative estimate of drug-likeness (QED) is 0.335. The molecular formula is C30H37N5OS. The van der Waals surface area contributed by atoms with Crippen LogP contribution in [0, 0.1) is 32.6 Å². The molecule has 6 nitrogen and oxygen atoms in total. The smallest absolute Gasteiger partial charge is 0.158 e. The first kappa shape index (κ1) is 23.6. The molecule has 4 atom stereocenters. The van der Waals surface area contributed by atoms with Crippen LogP contribution in [0.15, 0.2) is 12.5 Å². The van der Waals surface area contributed by atoms with E-state index in [0.29, 0.717) is 30.2 Å². The van der Waals surface area contributed by atoms with Crippen molar-refractivity contribution in [3.05, 3.63) is 39.7 Å². The Morgan fingerprint density at radius 3 is 2.65 bits per heavy atom. The number of pyridine rings is 1. The molecule has 0 aromatic carbocycles. The van der Waals surface area contributed by atoms with E-state index in [0.717, 1.165) is 36.9 Å². The van der Waals surface area contributed by atoms with Gasteiger partial charge in [0.2, 0.25) is 0 Å². The fraction of sp³-hybridized carbons (Fsp3) is 0.567. The minimum absolute atomic E-state index is 0.414. The van der Waals surface area contributed by atoms with Gasteiger partial charge in [-0.15, -0.1) is 11.3 Å². The SMILES string of the molecule is Cc1c(-c2[nH]c3sc(C4CC5C[C@H]4CC5N4CCCC(=O)C4)c(C)c3c2C(C)C)cn2ncnc2c1C. The number of nitrogens with one attached hydrogen (secondary N) is 1. The van der Waals surface area contributed by atoms with E-state index in [4.69, 9.17) is 0 Å². The number of hydrogen-bond acceptors (Lipinski definition) is 5. The lowest BCUT2D eigenvalue weighted by atomic mass is 9.82. The van der Waals surface area contributed by atoms with E-state index in [1.165, 1.54) is 63.0 Å². The summed E-state index contributed by atoms with van der Waals surface area (Å²) in [6.07, 6.45) is 9.51. The number of aromatic nitrogens is 4. The van der Waals surface area contributed by atoms with Crippen LogP contribution in [0.2, 0.25) is 0 Å². The van der Waals surface area contributed by atoms with E-state index >= 15 is 0 Å². The Morgan fingerprint density at radius 2 is 1.92 bits per heavy atom. The Labute approximate surface area is 222 Å². The first-order chi connectivity index (χ1) is 17.8. The zero-order valence-corrected chi connectivity index (χ0v) is 23.4. The molecule has 0 amide bonds. The Morgan fingerprint density at radius 1 is 1.08 bits per heavy atom. The second-order valence-electron chi connectivity index (χ2n) is 12.2. The minimum atomic E-state index is 0.414. The number of aromatic amines is 1. The van der Waals surface area contributed by atoms with E-state index in [1.54, 1.807) is 11.2 Å². The molecule has 1 aliphatic heterocycles. The molecule has 0 radical (unpaired) electrons. The highest BCUT2D eigenvalue weighted by Crippen LogP contribution is 2.57. The predicted octanol–water partition coefficient (Wildman–Crippen LogP) is 6.53. The Bertz CT molecular complexity index is 1540. The molecule has 194 valence electrons. The van der Waals surface area contributed by atoms with Gasteiger partial charge in [0.15, 0.2) is 5.65 Å². The number of piperidine rings is 1. The lowest BCUT2D eigenvalue weighted by molar-refractivity contribution is -0.123. The van der Waals surface area contributed by atoms with Crippen LogP contribution in [0.3, 0.4) is 0 Å². The summed E-state index contributed by atoms with van der Waals surface area (Å²) >= 11 is 2.00. The molecular weight excluding hydrogens is 478 g/mol. The number of H-pyrrole nitrogens is 1. The largest absolute Gasteiger partial charge is 0.346 e. The molecule has 2 bridgehead atoms. The summed E-state index contributed by atoms with van der Waals surface area (Å²) in [4.78, 5) is 25.9. The molecule has 3 fully saturated rings. The number of thiophene rings is 1. The van der Waals surface area contributed by atoms with Gasteiger partial charge in [0.1, 0.15) is 16.9 Å². The third-order valence-corrected chi connectivity index (χ3v) is 11.2. The van der Waals surface area contributed by atoms with Gasteiger partial charge in [-0.25, -0.2) is 9.50 Å². The van der Waals surface area contributed by atoms with Crippen LogP contribution in [0.4, 0.5) is 0 Å². The summed E-state index contributed by atoms with van der Waals surface area (Å²) in [6.45, 7) is 13.2. The van der Waals surface area contributed by atoms with Gasteiger partial charge in [0, 0.05) is 34.5 Å². The minimum Gasteiger partial charge on any atom is -0.346 e. The van der Waals surface area contributed by atoms with Gasteiger partial charge in [-0.2, -0.15) is 5.10 Å². The molecule has 37 heavy (non-hydrogen) atoms. The lowest BCUT2D eigenvalue weighted by Crippen LogP contribution is -2.45. The van der Waals surface area contributed by atoms with Crippen molar-refractivity contribution in [3.63, 3.8) is 0 Å². The van der Waals surface area contributed by atoms with Crippen molar-refractivity contribution in [2.45, 2.75) is 84.6 Å². The van der Waals surface area contributed by atoms with Crippen LogP contribution in [-0.2, 0) is 4.79 Å². The maximum absolute atomic E-state index is 12.1. The van der Waals surface area contributed by atoms with E-state index in [1.807, 2.05) is 15.9 Å². The molecule has 0 spiro atoms.